The Labute approximate surface area is 88.5 Å². The third-order valence-electron chi connectivity index (χ3n) is 1.98. The fraction of sp³-hybridized carbons (Fsp3) is 0.273. The summed E-state index contributed by atoms with van der Waals surface area (Å²) in [5.74, 6) is -0.229. The number of nitrogens with zero attached hydrogens (tertiary/aromatic N) is 1. The molecule has 1 rings (SSSR count). The van der Waals surface area contributed by atoms with Crippen molar-refractivity contribution in [2.75, 3.05) is 12.4 Å². The van der Waals surface area contributed by atoms with Gasteiger partial charge in [-0.15, -0.1) is 0 Å². The Balaban J connectivity index is 2.73. The number of carbonyl (C=O) groups excluding carboxylic acids is 1. The summed E-state index contributed by atoms with van der Waals surface area (Å²) in [7, 11) is 1.47. The van der Waals surface area contributed by atoms with Crippen molar-refractivity contribution in [3.63, 3.8) is 0 Å². The van der Waals surface area contributed by atoms with E-state index in [-0.39, 0.29) is 5.91 Å². The number of hydrogen-bond donors (Lipinski definition) is 1. The third-order valence-corrected chi connectivity index (χ3v) is 1.98. The summed E-state index contributed by atoms with van der Waals surface area (Å²) in [4.78, 5) is 11.4. The summed E-state index contributed by atoms with van der Waals surface area (Å²) in [5.41, 5.74) is 1.11. The molecule has 15 heavy (non-hydrogen) atoms. The molecule has 4 nitrogen and oxygen atoms in total. The lowest BCUT2D eigenvalue weighted by Gasteiger charge is -2.10. The molecule has 1 N–H and O–H groups in total. The fourth-order valence-corrected chi connectivity index (χ4v) is 1.02. The van der Waals surface area contributed by atoms with E-state index in [1.165, 1.54) is 7.11 Å². The maximum absolute atomic E-state index is 11.4. The summed E-state index contributed by atoms with van der Waals surface area (Å²) in [5, 5.41) is 11.3. The summed E-state index contributed by atoms with van der Waals surface area (Å²) in [6.45, 7) is 1.66. The van der Waals surface area contributed by atoms with Gasteiger partial charge in [-0.3, -0.25) is 4.79 Å². The van der Waals surface area contributed by atoms with Crippen LogP contribution in [0.2, 0.25) is 0 Å². The Morgan fingerprint density at radius 1 is 1.60 bits per heavy atom. The third kappa shape index (κ3) is 3.08. The van der Waals surface area contributed by atoms with Crippen LogP contribution in [0.15, 0.2) is 24.3 Å². The van der Waals surface area contributed by atoms with Crippen LogP contribution in [-0.2, 0) is 9.53 Å². The van der Waals surface area contributed by atoms with E-state index in [9.17, 15) is 4.79 Å². The normalized spacial score (nSPS) is 11.5. The first kappa shape index (κ1) is 11.2. The highest BCUT2D eigenvalue weighted by atomic mass is 16.5. The highest BCUT2D eigenvalue weighted by molar-refractivity contribution is 5.94. The summed E-state index contributed by atoms with van der Waals surface area (Å²) in [6.07, 6.45) is -0.504. The van der Waals surface area contributed by atoms with Crippen molar-refractivity contribution >= 4 is 11.6 Å². The highest BCUT2D eigenvalue weighted by Crippen LogP contribution is 2.10. The summed E-state index contributed by atoms with van der Waals surface area (Å²) < 4.78 is 4.86. The van der Waals surface area contributed by atoms with Crippen LogP contribution in [0.4, 0.5) is 5.69 Å². The van der Waals surface area contributed by atoms with Gasteiger partial charge in [0.25, 0.3) is 5.91 Å². The molecule has 0 aliphatic carbocycles. The van der Waals surface area contributed by atoms with Crippen LogP contribution >= 0.6 is 0 Å². The van der Waals surface area contributed by atoms with Gasteiger partial charge in [-0.25, -0.2) is 0 Å². The van der Waals surface area contributed by atoms with Gasteiger partial charge in [-0.2, -0.15) is 5.26 Å². The largest absolute Gasteiger partial charge is 0.372 e. The zero-order valence-electron chi connectivity index (χ0n) is 8.65. The number of amides is 1. The van der Waals surface area contributed by atoms with Gasteiger partial charge in [0.05, 0.1) is 11.6 Å². The van der Waals surface area contributed by atoms with E-state index in [2.05, 4.69) is 5.32 Å². The smallest absolute Gasteiger partial charge is 0.253 e. The zero-order valence-corrected chi connectivity index (χ0v) is 8.65. The number of carbonyl (C=O) groups is 1. The molecule has 0 saturated heterocycles. The molecular weight excluding hydrogens is 192 g/mol. The number of benzene rings is 1. The first-order valence-electron chi connectivity index (χ1n) is 4.51. The van der Waals surface area contributed by atoms with Gasteiger partial charge >= 0.3 is 0 Å². The van der Waals surface area contributed by atoms with Crippen LogP contribution in [0, 0.1) is 11.3 Å². The molecule has 1 atom stereocenters. The predicted molar refractivity (Wildman–Crippen MR) is 56.3 cm³/mol. The average Bonchev–Trinajstić information content (AvgIpc) is 2.28. The molecule has 1 aromatic rings. The standard InChI is InChI=1S/C11H12N2O2/c1-8(15-2)11(14)13-10-5-3-4-9(6-10)7-12/h3-6,8H,1-2H3,(H,13,14). The lowest BCUT2D eigenvalue weighted by molar-refractivity contribution is -0.124. The van der Waals surface area contributed by atoms with Gasteiger partial charge in [-0.1, -0.05) is 6.07 Å². The van der Waals surface area contributed by atoms with E-state index >= 15 is 0 Å². The Morgan fingerprint density at radius 2 is 2.33 bits per heavy atom. The van der Waals surface area contributed by atoms with Gasteiger partial charge in [0.1, 0.15) is 6.10 Å². The lowest BCUT2D eigenvalue weighted by atomic mass is 10.2. The number of rotatable bonds is 3. The van der Waals surface area contributed by atoms with Crippen LogP contribution in [0.25, 0.3) is 0 Å². The molecule has 0 fully saturated rings. The number of nitriles is 1. The summed E-state index contributed by atoms with van der Waals surface area (Å²) >= 11 is 0. The quantitative estimate of drug-likeness (QED) is 0.812. The molecule has 1 unspecified atom stereocenters. The minimum atomic E-state index is -0.504. The molecule has 0 saturated carbocycles. The van der Waals surface area contributed by atoms with Crippen LogP contribution in [-0.4, -0.2) is 19.1 Å². The SMILES string of the molecule is COC(C)C(=O)Nc1cccc(C#N)c1. The van der Waals surface area contributed by atoms with E-state index in [0.29, 0.717) is 11.3 Å². The first-order valence-corrected chi connectivity index (χ1v) is 4.51. The van der Waals surface area contributed by atoms with Crippen LogP contribution < -0.4 is 5.32 Å². The molecule has 0 radical (unpaired) electrons. The molecule has 1 aromatic carbocycles. The number of ether oxygens (including phenoxy) is 1. The Kier molecular flexibility index (Phi) is 3.83. The average molecular weight is 204 g/mol. The summed E-state index contributed by atoms with van der Waals surface area (Å²) in [6, 6.07) is 8.73. The van der Waals surface area contributed by atoms with Crippen LogP contribution in [0.1, 0.15) is 12.5 Å². The lowest BCUT2D eigenvalue weighted by Crippen LogP contribution is -2.26. The van der Waals surface area contributed by atoms with Crippen molar-refractivity contribution in [3.8, 4) is 6.07 Å². The molecule has 78 valence electrons. The van der Waals surface area contributed by atoms with Crippen molar-refractivity contribution in [2.24, 2.45) is 0 Å². The Hall–Kier alpha value is -1.86. The van der Waals surface area contributed by atoms with E-state index in [0.717, 1.165) is 0 Å². The molecule has 0 aliphatic rings. The van der Waals surface area contributed by atoms with E-state index in [1.807, 2.05) is 6.07 Å². The monoisotopic (exact) mass is 204 g/mol. The molecule has 1 amide bonds. The molecule has 0 spiro atoms. The number of nitrogens with one attached hydrogen (secondary N) is 1. The molecule has 0 aromatic heterocycles. The van der Waals surface area contributed by atoms with E-state index in [4.69, 9.17) is 10.00 Å². The molecule has 0 heterocycles. The zero-order chi connectivity index (χ0) is 11.3. The van der Waals surface area contributed by atoms with Gasteiger partial charge in [0.15, 0.2) is 0 Å². The van der Waals surface area contributed by atoms with Crippen LogP contribution in [0.3, 0.4) is 0 Å². The van der Waals surface area contributed by atoms with Crippen molar-refractivity contribution in [1.82, 2.24) is 0 Å². The van der Waals surface area contributed by atoms with Crippen molar-refractivity contribution in [2.45, 2.75) is 13.0 Å². The van der Waals surface area contributed by atoms with Gasteiger partial charge in [-0.05, 0) is 25.1 Å². The second-order valence-electron chi connectivity index (χ2n) is 3.06. The minimum absolute atomic E-state index is 0.229. The van der Waals surface area contributed by atoms with Crippen molar-refractivity contribution < 1.29 is 9.53 Å². The molecule has 4 heteroatoms. The van der Waals surface area contributed by atoms with Gasteiger partial charge in [0, 0.05) is 12.8 Å². The molecule has 0 aliphatic heterocycles. The maximum atomic E-state index is 11.4. The second-order valence-corrected chi connectivity index (χ2v) is 3.06. The maximum Gasteiger partial charge on any atom is 0.253 e. The highest BCUT2D eigenvalue weighted by Gasteiger charge is 2.11. The van der Waals surface area contributed by atoms with Crippen molar-refractivity contribution in [1.29, 1.82) is 5.26 Å². The Morgan fingerprint density at radius 3 is 2.93 bits per heavy atom. The fourth-order valence-electron chi connectivity index (χ4n) is 1.02. The van der Waals surface area contributed by atoms with Crippen LogP contribution in [0.5, 0.6) is 0 Å². The van der Waals surface area contributed by atoms with Crippen molar-refractivity contribution in [3.05, 3.63) is 29.8 Å². The molecule has 0 bridgehead atoms. The number of methoxy groups -OCH3 is 1. The second kappa shape index (κ2) is 5.13. The topological polar surface area (TPSA) is 62.1 Å². The minimum Gasteiger partial charge on any atom is -0.372 e. The van der Waals surface area contributed by atoms with E-state index in [1.54, 1.807) is 31.2 Å². The van der Waals surface area contributed by atoms with E-state index < -0.39 is 6.10 Å². The van der Waals surface area contributed by atoms with Gasteiger partial charge in [0.2, 0.25) is 0 Å². The van der Waals surface area contributed by atoms with Gasteiger partial charge < -0.3 is 10.1 Å². The number of anilines is 1. The molecular formula is C11H12N2O2. The predicted octanol–water partition coefficient (Wildman–Crippen LogP) is 1.53. The first-order chi connectivity index (χ1) is 7.17. The number of hydrogen-bond acceptors (Lipinski definition) is 3. The Bertz CT molecular complexity index is 396.